The second-order valence-electron chi connectivity index (χ2n) is 5.54. The van der Waals surface area contributed by atoms with Gasteiger partial charge in [0.05, 0.1) is 13.0 Å². The number of halogens is 3. The van der Waals surface area contributed by atoms with Crippen molar-refractivity contribution in [3.8, 4) is 0 Å². The quantitative estimate of drug-likeness (QED) is 0.665. The molecule has 0 radical (unpaired) electrons. The van der Waals surface area contributed by atoms with Crippen LogP contribution in [0, 0.1) is 0 Å². The molecule has 27 heavy (non-hydrogen) atoms. The highest BCUT2D eigenvalue weighted by Crippen LogP contribution is 2.23. The van der Waals surface area contributed by atoms with Gasteiger partial charge in [-0.05, 0) is 19.4 Å². The number of hydrogen-bond donors (Lipinski definition) is 2. The fourth-order valence-corrected chi connectivity index (χ4v) is 1.94. The number of carbonyl (C=O) groups is 3. The van der Waals surface area contributed by atoms with Crippen LogP contribution in [0.1, 0.15) is 25.8 Å². The molecular formula is C17H21F3N2O5. The number of alkyl carbamates (subject to hydrolysis) is 1. The molecule has 150 valence electrons. The lowest BCUT2D eigenvalue weighted by atomic mass is 10.2. The summed E-state index contributed by atoms with van der Waals surface area (Å²) in [6.07, 6.45) is -6.88. The van der Waals surface area contributed by atoms with Gasteiger partial charge in [-0.1, -0.05) is 30.3 Å². The largest absolute Gasteiger partial charge is 0.466 e. The van der Waals surface area contributed by atoms with Gasteiger partial charge in [0.25, 0.3) is 0 Å². The van der Waals surface area contributed by atoms with Gasteiger partial charge in [0, 0.05) is 0 Å². The summed E-state index contributed by atoms with van der Waals surface area (Å²) in [6, 6.07) is 4.97. The van der Waals surface area contributed by atoms with E-state index in [1.54, 1.807) is 35.6 Å². The molecular weight excluding hydrogens is 369 g/mol. The van der Waals surface area contributed by atoms with Gasteiger partial charge in [-0.2, -0.15) is 13.2 Å². The van der Waals surface area contributed by atoms with E-state index >= 15 is 0 Å². The van der Waals surface area contributed by atoms with Crippen LogP contribution >= 0.6 is 0 Å². The molecule has 0 saturated carbocycles. The molecule has 2 atom stereocenters. The first-order valence-corrected chi connectivity index (χ1v) is 8.13. The number of nitrogens with one attached hydrogen (secondary N) is 2. The van der Waals surface area contributed by atoms with Crippen molar-refractivity contribution in [2.45, 2.75) is 45.1 Å². The van der Waals surface area contributed by atoms with Gasteiger partial charge in [-0.3, -0.25) is 9.59 Å². The lowest BCUT2D eigenvalue weighted by molar-refractivity contribution is -0.172. The van der Waals surface area contributed by atoms with Crippen LogP contribution in [0.5, 0.6) is 0 Å². The third kappa shape index (κ3) is 8.43. The Balaban J connectivity index is 2.54. The van der Waals surface area contributed by atoms with Gasteiger partial charge < -0.3 is 20.1 Å². The Bertz CT molecular complexity index is 637. The van der Waals surface area contributed by atoms with Crippen molar-refractivity contribution < 1.29 is 37.0 Å². The Morgan fingerprint density at radius 3 is 2.26 bits per heavy atom. The Morgan fingerprint density at radius 1 is 1.07 bits per heavy atom. The molecule has 0 aliphatic heterocycles. The second-order valence-corrected chi connectivity index (χ2v) is 5.54. The molecule has 0 saturated heterocycles. The van der Waals surface area contributed by atoms with Gasteiger partial charge >= 0.3 is 18.2 Å². The molecule has 1 aromatic carbocycles. The predicted octanol–water partition coefficient (Wildman–Crippen LogP) is 2.30. The lowest BCUT2D eigenvalue weighted by Gasteiger charge is -2.23. The molecule has 0 heterocycles. The highest BCUT2D eigenvalue weighted by atomic mass is 19.4. The SMILES string of the molecule is CCOC(=O)C[C@H](NC(=O)[C@H](C)NC(=O)OCc1ccccc1)C(F)(F)F. The molecule has 1 aromatic rings. The zero-order valence-corrected chi connectivity index (χ0v) is 14.8. The summed E-state index contributed by atoms with van der Waals surface area (Å²) in [6.45, 7) is 2.50. The Hall–Kier alpha value is -2.78. The highest BCUT2D eigenvalue weighted by Gasteiger charge is 2.43. The van der Waals surface area contributed by atoms with Crippen LogP contribution in [0.2, 0.25) is 0 Å². The van der Waals surface area contributed by atoms with E-state index in [1.807, 2.05) is 0 Å². The van der Waals surface area contributed by atoms with E-state index in [-0.39, 0.29) is 13.2 Å². The molecule has 0 aromatic heterocycles. The summed E-state index contributed by atoms with van der Waals surface area (Å²) in [5.74, 6) is -2.21. The standard InChI is InChI=1S/C17H21F3N2O5/c1-3-26-14(23)9-13(17(18,19)20)22-15(24)11(2)21-16(25)27-10-12-7-5-4-6-8-12/h4-8,11,13H,3,9-10H2,1-2H3,(H,21,25)(H,22,24)/t11-,13-/m0/s1. The van der Waals surface area contributed by atoms with Crippen LogP contribution in [-0.2, 0) is 25.7 Å². The summed E-state index contributed by atoms with van der Waals surface area (Å²) < 4.78 is 48.3. The maximum Gasteiger partial charge on any atom is 0.409 e. The smallest absolute Gasteiger partial charge is 0.409 e. The maximum absolute atomic E-state index is 13.0. The van der Waals surface area contributed by atoms with Crippen molar-refractivity contribution >= 4 is 18.0 Å². The summed E-state index contributed by atoms with van der Waals surface area (Å²) in [5.41, 5.74) is 0.705. The van der Waals surface area contributed by atoms with Crippen molar-refractivity contribution in [1.29, 1.82) is 0 Å². The van der Waals surface area contributed by atoms with Crippen LogP contribution < -0.4 is 10.6 Å². The molecule has 1 rings (SSSR count). The molecule has 10 heteroatoms. The molecule has 0 spiro atoms. The highest BCUT2D eigenvalue weighted by molar-refractivity contribution is 5.86. The maximum atomic E-state index is 13.0. The first-order valence-electron chi connectivity index (χ1n) is 8.13. The molecule has 0 aliphatic rings. The fourth-order valence-electron chi connectivity index (χ4n) is 1.94. The molecule has 0 fully saturated rings. The van der Waals surface area contributed by atoms with Gasteiger partial charge in [0.2, 0.25) is 5.91 Å². The van der Waals surface area contributed by atoms with Crippen molar-refractivity contribution in [1.82, 2.24) is 10.6 Å². The van der Waals surface area contributed by atoms with E-state index in [0.29, 0.717) is 5.56 Å². The van der Waals surface area contributed by atoms with Crippen molar-refractivity contribution in [3.05, 3.63) is 35.9 Å². The fraction of sp³-hybridized carbons (Fsp3) is 0.471. The third-order valence-corrected chi connectivity index (χ3v) is 3.33. The second kappa shape index (κ2) is 10.4. The number of hydrogen-bond acceptors (Lipinski definition) is 5. The summed E-state index contributed by atoms with van der Waals surface area (Å²) in [4.78, 5) is 34.9. The number of esters is 1. The minimum Gasteiger partial charge on any atom is -0.466 e. The first kappa shape index (κ1) is 22.3. The summed E-state index contributed by atoms with van der Waals surface area (Å²) in [7, 11) is 0. The van der Waals surface area contributed by atoms with E-state index in [2.05, 4.69) is 10.1 Å². The third-order valence-electron chi connectivity index (χ3n) is 3.33. The van der Waals surface area contributed by atoms with E-state index < -0.39 is 42.7 Å². The Kier molecular flexibility index (Phi) is 8.57. The zero-order valence-electron chi connectivity index (χ0n) is 14.8. The number of rotatable bonds is 8. The minimum atomic E-state index is -4.85. The van der Waals surface area contributed by atoms with E-state index in [1.165, 1.54) is 13.8 Å². The van der Waals surface area contributed by atoms with Gasteiger partial charge in [0.1, 0.15) is 18.7 Å². The Morgan fingerprint density at radius 2 is 1.70 bits per heavy atom. The molecule has 2 N–H and O–H groups in total. The first-order chi connectivity index (χ1) is 12.6. The zero-order chi connectivity index (χ0) is 20.4. The number of amides is 2. The monoisotopic (exact) mass is 390 g/mol. The summed E-state index contributed by atoms with van der Waals surface area (Å²) >= 11 is 0. The topological polar surface area (TPSA) is 93.7 Å². The number of carbonyl (C=O) groups excluding carboxylic acids is 3. The van der Waals surface area contributed by atoms with Gasteiger partial charge in [-0.25, -0.2) is 4.79 Å². The molecule has 0 unspecified atom stereocenters. The van der Waals surface area contributed by atoms with E-state index in [9.17, 15) is 27.6 Å². The van der Waals surface area contributed by atoms with Crippen molar-refractivity contribution in [2.24, 2.45) is 0 Å². The average Bonchev–Trinajstić information content (AvgIpc) is 2.59. The number of alkyl halides is 3. The van der Waals surface area contributed by atoms with Crippen LogP contribution in [0.25, 0.3) is 0 Å². The minimum absolute atomic E-state index is 0.0605. The van der Waals surface area contributed by atoms with Crippen LogP contribution in [-0.4, -0.2) is 42.8 Å². The van der Waals surface area contributed by atoms with Crippen LogP contribution in [0.3, 0.4) is 0 Å². The average molecular weight is 390 g/mol. The van der Waals surface area contributed by atoms with E-state index in [0.717, 1.165) is 0 Å². The predicted molar refractivity (Wildman–Crippen MR) is 88.5 cm³/mol. The van der Waals surface area contributed by atoms with Crippen LogP contribution in [0.15, 0.2) is 30.3 Å². The molecule has 2 amide bonds. The van der Waals surface area contributed by atoms with E-state index in [4.69, 9.17) is 4.74 Å². The summed E-state index contributed by atoms with van der Waals surface area (Å²) in [5, 5.41) is 3.82. The number of ether oxygens (including phenoxy) is 2. The number of benzene rings is 1. The lowest BCUT2D eigenvalue weighted by Crippen LogP contribution is -2.53. The van der Waals surface area contributed by atoms with Crippen molar-refractivity contribution in [2.75, 3.05) is 6.61 Å². The van der Waals surface area contributed by atoms with Crippen LogP contribution in [0.4, 0.5) is 18.0 Å². The van der Waals surface area contributed by atoms with Gasteiger partial charge in [0.15, 0.2) is 0 Å². The molecule has 0 bridgehead atoms. The molecule has 0 aliphatic carbocycles. The van der Waals surface area contributed by atoms with Crippen molar-refractivity contribution in [3.63, 3.8) is 0 Å². The molecule has 7 nitrogen and oxygen atoms in total. The normalized spacial score (nSPS) is 13.2. The van der Waals surface area contributed by atoms with Gasteiger partial charge in [-0.15, -0.1) is 0 Å². The Labute approximate surface area is 154 Å².